The predicted octanol–water partition coefficient (Wildman–Crippen LogP) is 4.26. The summed E-state index contributed by atoms with van der Waals surface area (Å²) in [6, 6.07) is 0. The Bertz CT molecular complexity index is 296. The van der Waals surface area contributed by atoms with Crippen molar-refractivity contribution in [1.29, 1.82) is 0 Å². The van der Waals surface area contributed by atoms with E-state index < -0.39 is 63.3 Å². The first-order chi connectivity index (χ1) is 9.08. The van der Waals surface area contributed by atoms with Gasteiger partial charge in [0, 0.05) is 19.3 Å². The molecule has 9 heteroatoms. The van der Waals surface area contributed by atoms with E-state index in [0.717, 1.165) is 0 Å². The van der Waals surface area contributed by atoms with E-state index in [9.17, 15) is 31.1 Å². The second-order valence-electron chi connectivity index (χ2n) is 4.11. The summed E-state index contributed by atoms with van der Waals surface area (Å²) in [4.78, 5) is 10.8. The molecule has 0 aliphatic carbocycles. The Labute approximate surface area is 112 Å². The Balaban J connectivity index is 3.79. The van der Waals surface area contributed by atoms with Crippen molar-refractivity contribution in [3.63, 3.8) is 0 Å². The maximum absolute atomic E-state index is 12.8. The lowest BCUT2D eigenvalue weighted by Gasteiger charge is -2.16. The van der Waals surface area contributed by atoms with Crippen molar-refractivity contribution >= 4 is 6.16 Å². The van der Waals surface area contributed by atoms with Gasteiger partial charge in [0.25, 0.3) is 11.8 Å². The van der Waals surface area contributed by atoms with E-state index in [0.29, 0.717) is 0 Å². The molecule has 0 atom stereocenters. The van der Waals surface area contributed by atoms with E-state index >= 15 is 0 Å². The number of hydrogen-bond acceptors (Lipinski definition) is 3. The van der Waals surface area contributed by atoms with Crippen LogP contribution in [0.4, 0.5) is 31.1 Å². The molecule has 20 heavy (non-hydrogen) atoms. The average molecular weight is 310 g/mol. The summed E-state index contributed by atoms with van der Waals surface area (Å²) in [5.41, 5.74) is 0. The summed E-state index contributed by atoms with van der Waals surface area (Å²) in [7, 11) is 0. The molecule has 0 amide bonds. The summed E-state index contributed by atoms with van der Waals surface area (Å²) >= 11 is 0. The molecule has 0 unspecified atom stereocenters. The van der Waals surface area contributed by atoms with Crippen molar-refractivity contribution in [1.82, 2.24) is 0 Å². The van der Waals surface area contributed by atoms with Gasteiger partial charge in [-0.25, -0.2) is 31.1 Å². The molecule has 0 aromatic carbocycles. The summed E-state index contributed by atoms with van der Waals surface area (Å²) in [6.07, 6.45) is -8.41. The molecule has 3 nitrogen and oxygen atoms in total. The zero-order valence-electron chi connectivity index (χ0n) is 10.8. The number of carbonyl (C=O) groups excluding carboxylic acids is 1. The van der Waals surface area contributed by atoms with Crippen LogP contribution in [0.1, 0.15) is 32.6 Å². The van der Waals surface area contributed by atoms with Gasteiger partial charge >= 0.3 is 6.16 Å². The molecule has 0 bridgehead atoms. The van der Waals surface area contributed by atoms with Gasteiger partial charge in [0.1, 0.15) is 13.2 Å². The highest BCUT2D eigenvalue weighted by atomic mass is 19.3. The van der Waals surface area contributed by atoms with Crippen LogP contribution in [0.15, 0.2) is 0 Å². The van der Waals surface area contributed by atoms with Crippen LogP contribution in [-0.4, -0.2) is 37.6 Å². The van der Waals surface area contributed by atoms with E-state index in [4.69, 9.17) is 0 Å². The van der Waals surface area contributed by atoms with Crippen molar-refractivity contribution in [2.75, 3.05) is 13.2 Å². The zero-order valence-corrected chi connectivity index (χ0v) is 10.8. The quantitative estimate of drug-likeness (QED) is 0.471. The largest absolute Gasteiger partial charge is 0.508 e. The Hall–Kier alpha value is -1.15. The average Bonchev–Trinajstić information content (AvgIpc) is 2.26. The fourth-order valence-corrected chi connectivity index (χ4v) is 1.11. The summed E-state index contributed by atoms with van der Waals surface area (Å²) in [5.74, 6) is -6.64. The fourth-order valence-electron chi connectivity index (χ4n) is 1.11. The van der Waals surface area contributed by atoms with Crippen LogP contribution in [-0.2, 0) is 9.47 Å². The molecular formula is C11H16F6O3. The smallest absolute Gasteiger partial charge is 0.434 e. The van der Waals surface area contributed by atoms with Crippen molar-refractivity contribution in [2.45, 2.75) is 50.9 Å². The summed E-state index contributed by atoms with van der Waals surface area (Å²) in [5, 5.41) is 0. The number of alkyl halides is 6. The fraction of sp³-hybridized carbons (Fsp3) is 0.909. The molecule has 0 aliphatic heterocycles. The third-order valence-corrected chi connectivity index (χ3v) is 2.35. The van der Waals surface area contributed by atoms with Crippen molar-refractivity contribution in [3.05, 3.63) is 0 Å². The Kier molecular flexibility index (Phi) is 7.74. The minimum atomic E-state index is -3.66. The minimum Gasteiger partial charge on any atom is -0.434 e. The Morgan fingerprint density at radius 2 is 1.45 bits per heavy atom. The second kappa shape index (κ2) is 8.21. The first-order valence-electron chi connectivity index (χ1n) is 5.91. The van der Waals surface area contributed by atoms with Gasteiger partial charge < -0.3 is 9.47 Å². The molecular weight excluding hydrogens is 294 g/mol. The lowest BCUT2D eigenvalue weighted by Crippen LogP contribution is -2.24. The molecule has 120 valence electrons. The van der Waals surface area contributed by atoms with Crippen LogP contribution < -0.4 is 0 Å². The third-order valence-electron chi connectivity index (χ3n) is 2.35. The summed E-state index contributed by atoms with van der Waals surface area (Å²) < 4.78 is 82.9. The monoisotopic (exact) mass is 310 g/mol. The first kappa shape index (κ1) is 18.9. The van der Waals surface area contributed by atoms with Crippen molar-refractivity contribution in [3.8, 4) is 0 Å². The normalized spacial score (nSPS) is 12.6. The van der Waals surface area contributed by atoms with Crippen LogP contribution in [0.5, 0.6) is 0 Å². The van der Waals surface area contributed by atoms with Gasteiger partial charge in [-0.1, -0.05) is 6.92 Å². The zero-order chi connectivity index (χ0) is 15.8. The van der Waals surface area contributed by atoms with Gasteiger partial charge in [-0.15, -0.1) is 0 Å². The van der Waals surface area contributed by atoms with Gasteiger partial charge in [-0.2, -0.15) is 0 Å². The molecule has 0 heterocycles. The molecule has 0 aromatic rings. The number of hydrogen-bond donors (Lipinski definition) is 0. The van der Waals surface area contributed by atoms with E-state index in [1.807, 2.05) is 0 Å². The standard InChI is InChI=1S/C11H16F6O3/c1-2-10(14,15)3-5-19-9(18)20-6-4-11(16,17)7-8(12)13/h8H,2-7H2,1H3. The SMILES string of the molecule is CCC(F)(F)CCOC(=O)OCCC(F)(F)CC(F)F. The molecule has 0 saturated heterocycles. The molecule has 0 spiro atoms. The van der Waals surface area contributed by atoms with E-state index in [2.05, 4.69) is 9.47 Å². The van der Waals surface area contributed by atoms with Crippen LogP contribution >= 0.6 is 0 Å². The lowest BCUT2D eigenvalue weighted by molar-refractivity contribution is -0.0731. The molecule has 0 radical (unpaired) electrons. The van der Waals surface area contributed by atoms with Gasteiger partial charge in [0.05, 0.1) is 6.42 Å². The number of halogens is 6. The topological polar surface area (TPSA) is 35.5 Å². The second-order valence-corrected chi connectivity index (χ2v) is 4.11. The third kappa shape index (κ3) is 9.74. The van der Waals surface area contributed by atoms with E-state index in [1.54, 1.807) is 0 Å². The Morgan fingerprint density at radius 1 is 1.00 bits per heavy atom. The van der Waals surface area contributed by atoms with E-state index in [1.165, 1.54) is 6.92 Å². The van der Waals surface area contributed by atoms with Crippen molar-refractivity contribution < 1.29 is 40.6 Å². The highest BCUT2D eigenvalue weighted by Crippen LogP contribution is 2.26. The van der Waals surface area contributed by atoms with E-state index in [-0.39, 0.29) is 0 Å². The minimum absolute atomic E-state index is 0.425. The van der Waals surface area contributed by atoms with Crippen LogP contribution in [0.3, 0.4) is 0 Å². The number of ether oxygens (including phenoxy) is 2. The highest BCUT2D eigenvalue weighted by molar-refractivity contribution is 5.59. The van der Waals surface area contributed by atoms with Crippen molar-refractivity contribution in [2.24, 2.45) is 0 Å². The molecule has 0 rings (SSSR count). The van der Waals surface area contributed by atoms with Gasteiger partial charge in [-0.05, 0) is 0 Å². The van der Waals surface area contributed by atoms with Crippen LogP contribution in [0, 0.1) is 0 Å². The molecule has 0 saturated carbocycles. The lowest BCUT2D eigenvalue weighted by atomic mass is 10.2. The Morgan fingerprint density at radius 3 is 1.85 bits per heavy atom. The van der Waals surface area contributed by atoms with Crippen LogP contribution in [0.25, 0.3) is 0 Å². The first-order valence-corrected chi connectivity index (χ1v) is 5.91. The predicted molar refractivity (Wildman–Crippen MR) is 57.3 cm³/mol. The number of carbonyl (C=O) groups is 1. The highest BCUT2D eigenvalue weighted by Gasteiger charge is 2.33. The molecule has 0 fully saturated rings. The molecule has 0 aromatic heterocycles. The summed E-state index contributed by atoms with van der Waals surface area (Å²) in [6.45, 7) is -0.195. The maximum atomic E-state index is 12.8. The number of rotatable bonds is 9. The molecule has 0 N–H and O–H groups in total. The maximum Gasteiger partial charge on any atom is 0.508 e. The van der Waals surface area contributed by atoms with Gasteiger partial charge in [0.15, 0.2) is 0 Å². The van der Waals surface area contributed by atoms with Gasteiger partial charge in [-0.3, -0.25) is 0 Å². The molecule has 0 aliphatic rings. The van der Waals surface area contributed by atoms with Crippen LogP contribution in [0.2, 0.25) is 0 Å². The van der Waals surface area contributed by atoms with Gasteiger partial charge in [0.2, 0.25) is 6.43 Å².